The maximum Gasteiger partial charge on any atom is 0.246 e. The van der Waals surface area contributed by atoms with Gasteiger partial charge in [-0.2, -0.15) is 4.31 Å². The van der Waals surface area contributed by atoms with Gasteiger partial charge in [-0.1, -0.05) is 0 Å². The van der Waals surface area contributed by atoms with Crippen LogP contribution in [0.25, 0.3) is 0 Å². The third-order valence-electron chi connectivity index (χ3n) is 4.91. The number of rotatable bonds is 10. The van der Waals surface area contributed by atoms with E-state index >= 15 is 0 Å². The number of hydrogen-bond acceptors (Lipinski definition) is 5. The van der Waals surface area contributed by atoms with Gasteiger partial charge in [-0.15, -0.1) is 0 Å². The van der Waals surface area contributed by atoms with Crippen molar-refractivity contribution in [3.05, 3.63) is 48.0 Å². The maximum atomic E-state index is 13.6. The fraction of sp³-hybridized carbons (Fsp3) is 0.409. The number of hydrogen-bond donors (Lipinski definition) is 1. The molecule has 1 heterocycles. The fourth-order valence-corrected chi connectivity index (χ4v) is 5.03. The van der Waals surface area contributed by atoms with Crippen LogP contribution in [0.4, 0.5) is 14.5 Å². The average Bonchev–Trinajstić information content (AvgIpc) is 3.29. The van der Waals surface area contributed by atoms with Crippen molar-refractivity contribution < 1.29 is 31.5 Å². The minimum Gasteiger partial charge on any atom is -0.492 e. The second kappa shape index (κ2) is 10.7. The molecule has 10 heteroatoms. The Hall–Kier alpha value is -2.72. The summed E-state index contributed by atoms with van der Waals surface area (Å²) in [4.78, 5) is 12.3. The Balaban J connectivity index is 1.60. The molecule has 1 fully saturated rings. The van der Waals surface area contributed by atoms with Gasteiger partial charge in [0.15, 0.2) is 11.6 Å². The lowest BCUT2D eigenvalue weighted by atomic mass is 10.2. The maximum absolute atomic E-state index is 13.6. The van der Waals surface area contributed by atoms with E-state index in [1.54, 1.807) is 13.0 Å². The third-order valence-corrected chi connectivity index (χ3v) is 6.83. The van der Waals surface area contributed by atoms with Crippen LogP contribution in [0.1, 0.15) is 32.6 Å². The van der Waals surface area contributed by atoms with E-state index in [1.165, 1.54) is 22.5 Å². The van der Waals surface area contributed by atoms with Gasteiger partial charge >= 0.3 is 0 Å². The molecule has 2 aromatic carbocycles. The third kappa shape index (κ3) is 5.95. The van der Waals surface area contributed by atoms with Gasteiger partial charge in [-0.3, -0.25) is 4.79 Å². The van der Waals surface area contributed by atoms with Gasteiger partial charge in [-0.25, -0.2) is 17.2 Å². The number of sulfonamides is 1. The number of benzene rings is 2. The van der Waals surface area contributed by atoms with Gasteiger partial charge in [0.05, 0.1) is 13.2 Å². The molecule has 0 unspecified atom stereocenters. The van der Waals surface area contributed by atoms with E-state index in [0.29, 0.717) is 31.8 Å². The van der Waals surface area contributed by atoms with E-state index in [1.807, 2.05) is 0 Å². The van der Waals surface area contributed by atoms with E-state index in [2.05, 4.69) is 5.32 Å². The molecule has 0 radical (unpaired) electrons. The highest BCUT2D eigenvalue weighted by Gasteiger charge is 2.30. The Kier molecular flexibility index (Phi) is 8.03. The van der Waals surface area contributed by atoms with Crippen LogP contribution in [0.2, 0.25) is 0 Å². The smallest absolute Gasteiger partial charge is 0.246 e. The van der Waals surface area contributed by atoms with E-state index in [4.69, 9.17) is 9.47 Å². The summed E-state index contributed by atoms with van der Waals surface area (Å²) in [6, 6.07) is 7.51. The minimum atomic E-state index is -3.73. The molecule has 0 spiro atoms. The first-order valence-corrected chi connectivity index (χ1v) is 11.9. The summed E-state index contributed by atoms with van der Waals surface area (Å²) in [6.45, 7) is 3.05. The number of amides is 1. The molecule has 1 amide bonds. The number of carbonyl (C=O) groups is 1. The predicted molar refractivity (Wildman–Crippen MR) is 115 cm³/mol. The van der Waals surface area contributed by atoms with Crippen LogP contribution in [0, 0.1) is 11.6 Å². The van der Waals surface area contributed by atoms with Crippen molar-refractivity contribution in [3.63, 3.8) is 0 Å². The average molecular weight is 469 g/mol. The summed E-state index contributed by atoms with van der Waals surface area (Å²) < 4.78 is 64.7. The summed E-state index contributed by atoms with van der Waals surface area (Å²) in [7, 11) is -3.73. The summed E-state index contributed by atoms with van der Waals surface area (Å²) >= 11 is 0. The zero-order chi connectivity index (χ0) is 23.1. The highest BCUT2D eigenvalue weighted by atomic mass is 32.2. The first-order valence-electron chi connectivity index (χ1n) is 10.5. The van der Waals surface area contributed by atoms with Crippen LogP contribution in [-0.4, -0.2) is 44.9 Å². The normalized spacial score (nSPS) is 14.3. The minimum absolute atomic E-state index is 0.0224. The zero-order valence-corrected chi connectivity index (χ0v) is 18.6. The number of nitrogens with zero attached hydrogens (tertiary/aromatic N) is 1. The number of anilines is 1. The number of carbonyl (C=O) groups excluding carboxylic acids is 1. The highest BCUT2D eigenvalue weighted by Crippen LogP contribution is 2.31. The Morgan fingerprint density at radius 1 is 1.06 bits per heavy atom. The Morgan fingerprint density at radius 2 is 1.78 bits per heavy atom. The van der Waals surface area contributed by atoms with Crippen molar-refractivity contribution in [3.8, 4) is 11.5 Å². The molecule has 0 bridgehead atoms. The molecular formula is C22H26F2N2O5S. The van der Waals surface area contributed by atoms with Crippen LogP contribution in [0.15, 0.2) is 41.3 Å². The molecule has 174 valence electrons. The SMILES string of the molecule is CCOc1ccc(NC(=O)CCCOc2ccc(F)cc2F)cc1S(=O)(=O)N1CCCC1. The summed E-state index contributed by atoms with van der Waals surface area (Å²) in [5.41, 5.74) is 0.335. The molecule has 1 saturated heterocycles. The molecule has 2 aromatic rings. The van der Waals surface area contributed by atoms with Gasteiger partial charge in [0.2, 0.25) is 15.9 Å². The van der Waals surface area contributed by atoms with Crippen molar-refractivity contribution in [2.24, 2.45) is 0 Å². The molecule has 32 heavy (non-hydrogen) atoms. The number of ether oxygens (including phenoxy) is 2. The number of halogens is 2. The summed E-state index contributed by atoms with van der Waals surface area (Å²) in [6.07, 6.45) is 1.98. The topological polar surface area (TPSA) is 84.9 Å². The molecule has 0 atom stereocenters. The predicted octanol–water partition coefficient (Wildman–Crippen LogP) is 3.95. The van der Waals surface area contributed by atoms with Gasteiger partial charge < -0.3 is 14.8 Å². The second-order valence-electron chi connectivity index (χ2n) is 7.28. The first-order chi connectivity index (χ1) is 15.3. The van der Waals surface area contributed by atoms with Crippen LogP contribution < -0.4 is 14.8 Å². The van der Waals surface area contributed by atoms with E-state index < -0.39 is 21.7 Å². The monoisotopic (exact) mass is 468 g/mol. The first kappa shape index (κ1) is 23.9. The van der Waals surface area contributed by atoms with Crippen LogP contribution in [-0.2, 0) is 14.8 Å². The largest absolute Gasteiger partial charge is 0.492 e. The van der Waals surface area contributed by atoms with Crippen molar-refractivity contribution in [1.82, 2.24) is 4.31 Å². The lowest BCUT2D eigenvalue weighted by Gasteiger charge is -2.19. The molecule has 0 aromatic heterocycles. The van der Waals surface area contributed by atoms with Crippen LogP contribution in [0.5, 0.6) is 11.5 Å². The molecule has 1 N–H and O–H groups in total. The van der Waals surface area contributed by atoms with Crippen molar-refractivity contribution in [2.45, 2.75) is 37.5 Å². The van der Waals surface area contributed by atoms with Gasteiger partial charge in [0, 0.05) is 31.3 Å². The van der Waals surface area contributed by atoms with Gasteiger partial charge in [-0.05, 0) is 56.5 Å². The Labute approximate surface area is 186 Å². The fourth-order valence-electron chi connectivity index (χ4n) is 3.36. The van der Waals surface area contributed by atoms with E-state index in [9.17, 15) is 22.0 Å². The molecule has 0 aliphatic carbocycles. The second-order valence-corrected chi connectivity index (χ2v) is 9.19. The molecule has 3 rings (SSSR count). The van der Waals surface area contributed by atoms with Gasteiger partial charge in [0.1, 0.15) is 16.5 Å². The van der Waals surface area contributed by atoms with E-state index in [-0.39, 0.29) is 35.3 Å². The Bertz CT molecular complexity index is 1060. The van der Waals surface area contributed by atoms with Crippen molar-refractivity contribution in [1.29, 1.82) is 0 Å². The van der Waals surface area contributed by atoms with Crippen LogP contribution >= 0.6 is 0 Å². The zero-order valence-electron chi connectivity index (χ0n) is 17.8. The lowest BCUT2D eigenvalue weighted by molar-refractivity contribution is -0.116. The molecule has 1 aliphatic rings. The van der Waals surface area contributed by atoms with Crippen molar-refractivity contribution >= 4 is 21.6 Å². The highest BCUT2D eigenvalue weighted by molar-refractivity contribution is 7.89. The van der Waals surface area contributed by atoms with Crippen molar-refractivity contribution in [2.75, 3.05) is 31.6 Å². The lowest BCUT2D eigenvalue weighted by Crippen LogP contribution is -2.28. The quantitative estimate of drug-likeness (QED) is 0.534. The van der Waals surface area contributed by atoms with E-state index in [0.717, 1.165) is 25.0 Å². The number of nitrogens with one attached hydrogen (secondary N) is 1. The van der Waals surface area contributed by atoms with Crippen LogP contribution in [0.3, 0.4) is 0 Å². The molecule has 7 nitrogen and oxygen atoms in total. The molecule has 1 aliphatic heterocycles. The van der Waals surface area contributed by atoms with Gasteiger partial charge in [0.25, 0.3) is 0 Å². The Morgan fingerprint density at radius 3 is 2.47 bits per heavy atom. The summed E-state index contributed by atoms with van der Waals surface area (Å²) in [5.74, 6) is -1.70. The molecule has 0 saturated carbocycles. The summed E-state index contributed by atoms with van der Waals surface area (Å²) in [5, 5.41) is 2.68. The standard InChI is InChI=1S/C22H26F2N2O5S/c1-2-30-20-10-8-17(15-21(20)32(28,29)26-11-3-4-12-26)25-22(27)6-5-13-31-19-9-7-16(23)14-18(19)24/h7-10,14-15H,2-6,11-13H2,1H3,(H,25,27). The molecular weight excluding hydrogens is 442 g/mol.